The van der Waals surface area contributed by atoms with E-state index in [4.69, 9.17) is 0 Å². The fourth-order valence-corrected chi connectivity index (χ4v) is 5.74. The van der Waals surface area contributed by atoms with Gasteiger partial charge < -0.3 is 0 Å². The van der Waals surface area contributed by atoms with E-state index in [1.165, 1.54) is 145 Å². The third-order valence-electron chi connectivity index (χ3n) is 9.46. The molecule has 0 bridgehead atoms. The number of hydrogen-bond acceptors (Lipinski definition) is 1. The van der Waals surface area contributed by atoms with Gasteiger partial charge in [-0.25, -0.2) is 0 Å². The van der Waals surface area contributed by atoms with Gasteiger partial charge in [0.15, 0.2) is 0 Å². The van der Waals surface area contributed by atoms with Crippen molar-refractivity contribution in [1.29, 1.82) is 0 Å². The van der Waals surface area contributed by atoms with Crippen molar-refractivity contribution in [2.45, 2.75) is 171 Å². The summed E-state index contributed by atoms with van der Waals surface area (Å²) in [5, 5.41) is 0. The van der Waals surface area contributed by atoms with Crippen LogP contribution in [0.2, 0.25) is 0 Å². The van der Waals surface area contributed by atoms with Crippen LogP contribution in [0.1, 0.15) is 176 Å². The first kappa shape index (κ1) is 41.4. The molecule has 1 heterocycles. The van der Waals surface area contributed by atoms with Crippen molar-refractivity contribution in [2.24, 2.45) is 11.3 Å². The Labute approximate surface area is 271 Å². The topological polar surface area (TPSA) is 3.24 Å². The number of hydrogen-bond donors (Lipinski definition) is 0. The van der Waals surface area contributed by atoms with Crippen LogP contribution in [0.3, 0.4) is 0 Å². The van der Waals surface area contributed by atoms with Crippen LogP contribution in [0.15, 0.2) is 55.1 Å². The van der Waals surface area contributed by atoms with Crippen LogP contribution in [-0.2, 0) is 6.54 Å². The van der Waals surface area contributed by atoms with Gasteiger partial charge in [0, 0.05) is 6.54 Å². The van der Waals surface area contributed by atoms with Crippen LogP contribution >= 0.6 is 0 Å². The van der Waals surface area contributed by atoms with E-state index in [-0.39, 0.29) is 0 Å². The minimum Gasteiger partial charge on any atom is -0.299 e. The Hall–Kier alpha value is -1.60. The Balaban J connectivity index is 0.000000642. The molecular weight excluding hydrogens is 518 g/mol. The highest BCUT2D eigenvalue weighted by atomic mass is 15.1. The zero-order valence-electron chi connectivity index (χ0n) is 30.6. The van der Waals surface area contributed by atoms with Crippen LogP contribution < -0.4 is 0 Å². The molecule has 1 aliphatic heterocycles. The van der Waals surface area contributed by atoms with Crippen molar-refractivity contribution in [3.05, 3.63) is 66.3 Å². The molecule has 0 N–H and O–H groups in total. The molecule has 1 saturated heterocycles. The molecule has 3 rings (SSSR count). The van der Waals surface area contributed by atoms with Crippen molar-refractivity contribution >= 4 is 5.57 Å². The maximum absolute atomic E-state index is 4.16. The molecule has 1 nitrogen and oxygen atoms in total. The third kappa shape index (κ3) is 20.9. The largest absolute Gasteiger partial charge is 0.299 e. The van der Waals surface area contributed by atoms with Gasteiger partial charge >= 0.3 is 0 Å². The summed E-state index contributed by atoms with van der Waals surface area (Å²) in [5.41, 5.74) is 6.81. The normalized spacial score (nSPS) is 16.4. The molecule has 0 amide bonds. The summed E-state index contributed by atoms with van der Waals surface area (Å²) in [7, 11) is 0. The van der Waals surface area contributed by atoms with Gasteiger partial charge in [-0.1, -0.05) is 172 Å². The van der Waals surface area contributed by atoms with Gasteiger partial charge in [-0.15, -0.1) is 6.58 Å². The molecule has 0 spiro atoms. The molecule has 1 heteroatoms. The first-order valence-electron chi connectivity index (χ1n) is 18.3. The zero-order chi connectivity index (χ0) is 32.5. The molecule has 43 heavy (non-hydrogen) atoms. The zero-order valence-corrected chi connectivity index (χ0v) is 30.6. The van der Waals surface area contributed by atoms with E-state index in [9.17, 15) is 0 Å². The lowest BCUT2D eigenvalue weighted by atomic mass is 9.75. The molecule has 0 radical (unpaired) electrons. The number of unbranched alkanes of at least 4 members (excludes halogenated alkanes) is 6. The maximum Gasteiger partial charge on any atom is 0.0233 e. The van der Waals surface area contributed by atoms with E-state index in [1.807, 2.05) is 0 Å². The van der Waals surface area contributed by atoms with Gasteiger partial charge in [0.2, 0.25) is 0 Å². The lowest BCUT2D eigenvalue weighted by Crippen LogP contribution is -2.38. The van der Waals surface area contributed by atoms with Crippen LogP contribution in [-0.4, -0.2) is 18.0 Å². The average molecular weight is 594 g/mol. The highest BCUT2D eigenvalue weighted by molar-refractivity contribution is 5.61. The molecule has 1 aromatic carbocycles. The standard InChI is InChI=1S/C19H27N.C11H20.C7H16.C5H12/c1-15(2)18-8-6-17(7-9-18)14-20-12-10-19(5,11-13-20)16(3)4;1-10(2)8-9-11-6-4-3-5-7-11;1-3-5-7-6-4-2;1-3-5-4-2/h6-9H,1,3,10-14H2,2,4-5H3;11H,1,3-9H2,2H3;3-7H2,1-2H3;3-5H2,1-2H3. The smallest absolute Gasteiger partial charge is 0.0233 e. The molecule has 1 aliphatic carbocycles. The fraction of sp³-hybridized carbons (Fsp3) is 0.714. The van der Waals surface area contributed by atoms with E-state index in [0.29, 0.717) is 5.41 Å². The number of benzene rings is 1. The fourth-order valence-electron chi connectivity index (χ4n) is 5.74. The molecule has 0 atom stereocenters. The molecule has 1 saturated carbocycles. The van der Waals surface area contributed by atoms with Crippen LogP contribution in [0.4, 0.5) is 0 Å². The second kappa shape index (κ2) is 25.7. The second-order valence-corrected chi connectivity index (χ2v) is 14.0. The number of piperidine rings is 1. The number of nitrogens with zero attached hydrogens (tertiary/aromatic N) is 1. The Morgan fingerprint density at radius 2 is 1.26 bits per heavy atom. The van der Waals surface area contributed by atoms with Gasteiger partial charge in [-0.3, -0.25) is 4.90 Å². The van der Waals surface area contributed by atoms with Gasteiger partial charge in [0.1, 0.15) is 0 Å². The average Bonchev–Trinajstić information content (AvgIpc) is 3.00. The van der Waals surface area contributed by atoms with Crippen molar-refractivity contribution in [3.63, 3.8) is 0 Å². The first-order chi connectivity index (χ1) is 20.5. The van der Waals surface area contributed by atoms with Gasteiger partial charge in [-0.2, -0.15) is 0 Å². The summed E-state index contributed by atoms with van der Waals surface area (Å²) in [6.45, 7) is 33.1. The molecule has 0 aromatic heterocycles. The minimum absolute atomic E-state index is 0.348. The van der Waals surface area contributed by atoms with Gasteiger partial charge in [-0.05, 0) is 82.0 Å². The summed E-state index contributed by atoms with van der Waals surface area (Å²) in [6, 6.07) is 8.83. The van der Waals surface area contributed by atoms with Crippen molar-refractivity contribution in [1.82, 2.24) is 4.90 Å². The molecule has 2 fully saturated rings. The number of rotatable bonds is 13. The Kier molecular flexibility index (Phi) is 24.7. The van der Waals surface area contributed by atoms with Gasteiger partial charge in [0.25, 0.3) is 0 Å². The molecule has 1 aromatic rings. The first-order valence-corrected chi connectivity index (χ1v) is 18.3. The summed E-state index contributed by atoms with van der Waals surface area (Å²) < 4.78 is 0. The van der Waals surface area contributed by atoms with Crippen molar-refractivity contribution in [2.75, 3.05) is 13.1 Å². The molecule has 2 aliphatic rings. The predicted octanol–water partition coefficient (Wildman–Crippen LogP) is 14.0. The van der Waals surface area contributed by atoms with Crippen LogP contribution in [0.5, 0.6) is 0 Å². The molecule has 0 unspecified atom stereocenters. The van der Waals surface area contributed by atoms with Crippen LogP contribution in [0.25, 0.3) is 5.57 Å². The summed E-state index contributed by atoms with van der Waals surface area (Å²) in [5.74, 6) is 1.03. The number of allylic oxidation sites excluding steroid dienone is 3. The minimum atomic E-state index is 0.348. The Bertz CT molecular complexity index is 824. The van der Waals surface area contributed by atoms with E-state index in [2.05, 4.69) is 104 Å². The molecular formula is C42H75N. The van der Waals surface area contributed by atoms with E-state index in [0.717, 1.165) is 18.0 Å². The van der Waals surface area contributed by atoms with Crippen molar-refractivity contribution in [3.8, 4) is 0 Å². The molecule has 248 valence electrons. The quantitative estimate of drug-likeness (QED) is 0.162. The Morgan fingerprint density at radius 1 is 0.744 bits per heavy atom. The third-order valence-corrected chi connectivity index (χ3v) is 9.46. The van der Waals surface area contributed by atoms with Crippen molar-refractivity contribution < 1.29 is 0 Å². The highest BCUT2D eigenvalue weighted by Gasteiger charge is 2.30. The lowest BCUT2D eigenvalue weighted by molar-refractivity contribution is 0.138. The predicted molar refractivity (Wildman–Crippen MR) is 199 cm³/mol. The number of likely N-dealkylation sites (tertiary alicyclic amines) is 1. The van der Waals surface area contributed by atoms with E-state index in [1.54, 1.807) is 0 Å². The Morgan fingerprint density at radius 3 is 1.65 bits per heavy atom. The summed E-state index contributed by atoms with van der Waals surface area (Å²) in [6.07, 6.45) is 23.6. The lowest BCUT2D eigenvalue weighted by Gasteiger charge is -2.40. The van der Waals surface area contributed by atoms with E-state index >= 15 is 0 Å². The highest BCUT2D eigenvalue weighted by Crippen LogP contribution is 2.37. The summed E-state index contributed by atoms with van der Waals surface area (Å²) >= 11 is 0. The SMILES string of the molecule is C=C(C)CCC1CCCCC1.C=C(C)c1ccc(CN2CCC(C)(C(=C)C)CC2)cc1.CCCCC.CCCCCCC. The maximum atomic E-state index is 4.16. The monoisotopic (exact) mass is 594 g/mol. The summed E-state index contributed by atoms with van der Waals surface area (Å²) in [4.78, 5) is 2.56. The van der Waals surface area contributed by atoms with Crippen LogP contribution in [0, 0.1) is 11.3 Å². The van der Waals surface area contributed by atoms with E-state index < -0.39 is 0 Å². The van der Waals surface area contributed by atoms with Gasteiger partial charge in [0.05, 0.1) is 0 Å². The second-order valence-electron chi connectivity index (χ2n) is 14.0.